The Labute approximate surface area is 163 Å². The van der Waals surface area contributed by atoms with Gasteiger partial charge in [0.1, 0.15) is 5.82 Å². The summed E-state index contributed by atoms with van der Waals surface area (Å²) in [5.74, 6) is -0.874. The highest BCUT2D eigenvalue weighted by molar-refractivity contribution is 7.89. The van der Waals surface area contributed by atoms with E-state index in [9.17, 15) is 17.6 Å². The van der Waals surface area contributed by atoms with E-state index in [2.05, 4.69) is 10.0 Å². The van der Waals surface area contributed by atoms with Crippen molar-refractivity contribution in [1.29, 1.82) is 0 Å². The SMILES string of the molecule is CNS(=O)(=O)c1cccc(C(=O)NC(c2ccccc2)c2cccc(F)c2)c1. The molecule has 3 rings (SSSR count). The van der Waals surface area contributed by atoms with Crippen molar-refractivity contribution in [2.24, 2.45) is 0 Å². The second kappa shape index (κ2) is 8.33. The summed E-state index contributed by atoms with van der Waals surface area (Å²) in [4.78, 5) is 12.8. The smallest absolute Gasteiger partial charge is 0.252 e. The number of halogens is 1. The Morgan fingerprint density at radius 1 is 0.893 bits per heavy atom. The van der Waals surface area contributed by atoms with E-state index in [1.54, 1.807) is 12.1 Å². The fourth-order valence-electron chi connectivity index (χ4n) is 2.83. The predicted octanol–water partition coefficient (Wildman–Crippen LogP) is 3.25. The highest BCUT2D eigenvalue weighted by Gasteiger charge is 2.20. The van der Waals surface area contributed by atoms with Gasteiger partial charge in [-0.25, -0.2) is 17.5 Å². The lowest BCUT2D eigenvalue weighted by atomic mass is 9.98. The van der Waals surface area contributed by atoms with Gasteiger partial charge in [-0.05, 0) is 48.5 Å². The zero-order valence-corrected chi connectivity index (χ0v) is 15.9. The Balaban J connectivity index is 1.96. The summed E-state index contributed by atoms with van der Waals surface area (Å²) in [7, 11) is -2.37. The molecule has 0 radical (unpaired) electrons. The molecule has 1 atom stereocenters. The van der Waals surface area contributed by atoms with Crippen LogP contribution in [0.15, 0.2) is 83.8 Å². The Morgan fingerprint density at radius 2 is 1.57 bits per heavy atom. The lowest BCUT2D eigenvalue weighted by Crippen LogP contribution is -2.29. The molecule has 1 amide bonds. The summed E-state index contributed by atoms with van der Waals surface area (Å²) in [6.45, 7) is 0. The van der Waals surface area contributed by atoms with Gasteiger partial charge in [-0.1, -0.05) is 48.5 Å². The monoisotopic (exact) mass is 398 g/mol. The van der Waals surface area contributed by atoms with Crippen LogP contribution in [0, 0.1) is 5.82 Å². The Morgan fingerprint density at radius 3 is 2.25 bits per heavy atom. The van der Waals surface area contributed by atoms with Crippen LogP contribution in [0.25, 0.3) is 0 Å². The minimum atomic E-state index is -3.67. The molecule has 0 aliphatic rings. The molecule has 0 fully saturated rings. The zero-order chi connectivity index (χ0) is 20.1. The van der Waals surface area contributed by atoms with Crippen molar-refractivity contribution in [2.45, 2.75) is 10.9 Å². The number of rotatable bonds is 6. The van der Waals surface area contributed by atoms with Gasteiger partial charge in [0.25, 0.3) is 5.91 Å². The third kappa shape index (κ3) is 4.44. The van der Waals surface area contributed by atoms with Crippen LogP contribution < -0.4 is 10.0 Å². The van der Waals surface area contributed by atoms with Crippen molar-refractivity contribution >= 4 is 15.9 Å². The van der Waals surface area contributed by atoms with Gasteiger partial charge in [0, 0.05) is 5.56 Å². The number of benzene rings is 3. The summed E-state index contributed by atoms with van der Waals surface area (Å²) in [5.41, 5.74) is 1.55. The van der Waals surface area contributed by atoms with Crippen LogP contribution >= 0.6 is 0 Å². The van der Waals surface area contributed by atoms with Gasteiger partial charge in [-0.15, -0.1) is 0 Å². The summed E-state index contributed by atoms with van der Waals surface area (Å²) in [6.07, 6.45) is 0. The van der Waals surface area contributed by atoms with Crippen molar-refractivity contribution < 1.29 is 17.6 Å². The van der Waals surface area contributed by atoms with E-state index in [1.807, 2.05) is 30.3 Å². The molecule has 0 aromatic heterocycles. The van der Waals surface area contributed by atoms with E-state index in [-0.39, 0.29) is 10.5 Å². The molecule has 0 bridgehead atoms. The minimum Gasteiger partial charge on any atom is -0.341 e. The standard InChI is InChI=1S/C21H19FN2O3S/c1-23-28(26,27)19-12-6-10-17(14-19)21(25)24-20(15-7-3-2-4-8-15)16-9-5-11-18(22)13-16/h2-14,20,23H,1H3,(H,24,25). The summed E-state index contributed by atoms with van der Waals surface area (Å²) < 4.78 is 39.9. The highest BCUT2D eigenvalue weighted by Crippen LogP contribution is 2.23. The average Bonchev–Trinajstić information content (AvgIpc) is 2.72. The quantitative estimate of drug-likeness (QED) is 0.669. The van der Waals surface area contributed by atoms with Crippen molar-refractivity contribution in [3.63, 3.8) is 0 Å². The number of carbonyl (C=O) groups excluding carboxylic acids is 1. The first-order valence-electron chi connectivity index (χ1n) is 8.55. The van der Waals surface area contributed by atoms with Crippen LogP contribution in [-0.4, -0.2) is 21.4 Å². The maximum Gasteiger partial charge on any atom is 0.252 e. The Bertz CT molecular complexity index is 1090. The zero-order valence-electron chi connectivity index (χ0n) is 15.1. The van der Waals surface area contributed by atoms with Crippen molar-refractivity contribution in [1.82, 2.24) is 10.0 Å². The van der Waals surface area contributed by atoms with E-state index in [1.165, 1.54) is 43.4 Å². The molecule has 0 heterocycles. The minimum absolute atomic E-state index is 0.00957. The van der Waals surface area contributed by atoms with Crippen LogP contribution in [0.1, 0.15) is 27.5 Å². The lowest BCUT2D eigenvalue weighted by Gasteiger charge is -2.20. The van der Waals surface area contributed by atoms with Crippen molar-refractivity contribution in [3.8, 4) is 0 Å². The number of nitrogens with one attached hydrogen (secondary N) is 2. The molecule has 5 nitrogen and oxygen atoms in total. The number of carbonyl (C=O) groups is 1. The Hall–Kier alpha value is -3.03. The summed E-state index contributed by atoms with van der Waals surface area (Å²) in [6, 6.07) is 20.3. The second-order valence-corrected chi connectivity index (χ2v) is 7.99. The highest BCUT2D eigenvalue weighted by atomic mass is 32.2. The molecule has 28 heavy (non-hydrogen) atoms. The molecule has 2 N–H and O–H groups in total. The molecule has 3 aromatic rings. The van der Waals surface area contributed by atoms with E-state index in [0.717, 1.165) is 5.56 Å². The first-order chi connectivity index (χ1) is 13.4. The van der Waals surface area contributed by atoms with E-state index >= 15 is 0 Å². The number of amides is 1. The molecule has 0 saturated heterocycles. The van der Waals surface area contributed by atoms with Crippen molar-refractivity contribution in [2.75, 3.05) is 7.05 Å². The maximum absolute atomic E-state index is 13.7. The van der Waals surface area contributed by atoms with E-state index < -0.39 is 27.8 Å². The lowest BCUT2D eigenvalue weighted by molar-refractivity contribution is 0.0942. The van der Waals surface area contributed by atoms with Gasteiger partial charge >= 0.3 is 0 Å². The normalized spacial score (nSPS) is 12.4. The van der Waals surface area contributed by atoms with Gasteiger partial charge in [0.15, 0.2) is 0 Å². The first kappa shape index (κ1) is 19.7. The van der Waals surface area contributed by atoms with Crippen LogP contribution in [0.4, 0.5) is 4.39 Å². The molecule has 7 heteroatoms. The molecule has 0 aliphatic heterocycles. The molecule has 0 spiro atoms. The van der Waals surface area contributed by atoms with Crippen LogP contribution in [0.3, 0.4) is 0 Å². The summed E-state index contributed by atoms with van der Waals surface area (Å²) >= 11 is 0. The molecule has 0 saturated carbocycles. The Kier molecular flexibility index (Phi) is 5.87. The third-order valence-electron chi connectivity index (χ3n) is 4.27. The van der Waals surface area contributed by atoms with Gasteiger partial charge in [0.2, 0.25) is 10.0 Å². The number of hydrogen-bond donors (Lipinski definition) is 2. The van der Waals surface area contributed by atoms with Crippen LogP contribution in [0.5, 0.6) is 0 Å². The maximum atomic E-state index is 13.7. The average molecular weight is 398 g/mol. The van der Waals surface area contributed by atoms with Gasteiger partial charge in [-0.2, -0.15) is 0 Å². The van der Waals surface area contributed by atoms with Crippen molar-refractivity contribution in [3.05, 3.63) is 101 Å². The number of hydrogen-bond acceptors (Lipinski definition) is 3. The van der Waals surface area contributed by atoms with Crippen LogP contribution in [-0.2, 0) is 10.0 Å². The third-order valence-corrected chi connectivity index (χ3v) is 5.68. The molecule has 3 aromatic carbocycles. The molecule has 1 unspecified atom stereocenters. The molecule has 0 aliphatic carbocycles. The van der Waals surface area contributed by atoms with E-state index in [4.69, 9.17) is 0 Å². The fraction of sp³-hybridized carbons (Fsp3) is 0.0952. The van der Waals surface area contributed by atoms with Gasteiger partial charge in [-0.3, -0.25) is 4.79 Å². The molecule has 144 valence electrons. The van der Waals surface area contributed by atoms with E-state index in [0.29, 0.717) is 5.56 Å². The number of sulfonamides is 1. The molecular formula is C21H19FN2O3S. The largest absolute Gasteiger partial charge is 0.341 e. The van der Waals surface area contributed by atoms with Gasteiger partial charge < -0.3 is 5.32 Å². The first-order valence-corrected chi connectivity index (χ1v) is 10.0. The van der Waals surface area contributed by atoms with Crippen LogP contribution in [0.2, 0.25) is 0 Å². The second-order valence-electron chi connectivity index (χ2n) is 6.11. The predicted molar refractivity (Wildman–Crippen MR) is 105 cm³/mol. The summed E-state index contributed by atoms with van der Waals surface area (Å²) in [5, 5.41) is 2.87. The molecular weight excluding hydrogens is 379 g/mol. The fourth-order valence-corrected chi connectivity index (χ4v) is 3.60. The topological polar surface area (TPSA) is 75.3 Å². The van der Waals surface area contributed by atoms with Gasteiger partial charge in [0.05, 0.1) is 10.9 Å².